The van der Waals surface area contributed by atoms with E-state index < -0.39 is 24.3 Å². The number of hydrogen-bond donors (Lipinski definition) is 4. The molecule has 13 rings (SSSR count). The molecule has 348 valence electrons. The number of carbonyl (C=O) groups is 4. The Kier molecular flexibility index (Phi) is 9.72. The van der Waals surface area contributed by atoms with Crippen LogP contribution in [0.3, 0.4) is 0 Å². The van der Waals surface area contributed by atoms with E-state index in [1.54, 1.807) is 0 Å². The highest BCUT2D eigenvalue weighted by molar-refractivity contribution is 5.90. The average Bonchev–Trinajstić information content (AvgIpc) is 3.92. The molecule has 4 amide bonds. The number of likely N-dealkylation sites (tertiary alicyclic amines) is 1. The van der Waals surface area contributed by atoms with E-state index in [4.69, 9.17) is 19.4 Å². The second kappa shape index (κ2) is 15.4. The van der Waals surface area contributed by atoms with Crippen LogP contribution in [0.15, 0.2) is 60.8 Å². The van der Waals surface area contributed by atoms with Crippen molar-refractivity contribution in [3.05, 3.63) is 83.6 Å². The Morgan fingerprint density at radius 3 is 2.04 bits per heavy atom. The van der Waals surface area contributed by atoms with E-state index in [-0.39, 0.29) is 53.2 Å². The Balaban J connectivity index is 0.815. The number of nitrogens with one attached hydrogen (secondary N) is 4. The van der Waals surface area contributed by atoms with E-state index in [0.29, 0.717) is 23.7 Å². The Morgan fingerprint density at radius 1 is 0.731 bits per heavy atom. The molecular formula is C53H60N8O6. The molecular weight excluding hydrogens is 845 g/mol. The Bertz CT molecular complexity index is 2830. The molecule has 3 aliphatic heterocycles. The van der Waals surface area contributed by atoms with Crippen LogP contribution in [-0.4, -0.2) is 92.1 Å². The van der Waals surface area contributed by atoms with Crippen molar-refractivity contribution in [2.75, 3.05) is 14.2 Å². The molecule has 3 aromatic carbocycles. The van der Waals surface area contributed by atoms with Crippen molar-refractivity contribution in [3.8, 4) is 33.5 Å². The first kappa shape index (κ1) is 42.2. The molecule has 5 aliphatic carbocycles. The lowest BCUT2D eigenvalue weighted by molar-refractivity contribution is -0.137. The summed E-state index contributed by atoms with van der Waals surface area (Å²) in [5.41, 5.74) is 11.9. The van der Waals surface area contributed by atoms with Crippen molar-refractivity contribution in [2.24, 2.45) is 35.5 Å². The number of benzene rings is 3. The van der Waals surface area contributed by atoms with Gasteiger partial charge in [0.25, 0.3) is 0 Å². The van der Waals surface area contributed by atoms with Gasteiger partial charge in [-0.2, -0.15) is 0 Å². The normalized spacial score (nSPS) is 27.5. The van der Waals surface area contributed by atoms with Crippen LogP contribution in [0.4, 0.5) is 9.59 Å². The van der Waals surface area contributed by atoms with E-state index in [1.165, 1.54) is 67.7 Å². The van der Waals surface area contributed by atoms with E-state index in [2.05, 4.69) is 75.2 Å². The van der Waals surface area contributed by atoms with Crippen LogP contribution in [0.1, 0.15) is 108 Å². The number of amides is 4. The second-order valence-corrected chi connectivity index (χ2v) is 21.3. The average molecular weight is 905 g/mol. The number of alkyl carbamates (subject to hydrolysis) is 2. The number of piperidine rings is 2. The number of rotatable bonds is 11. The lowest BCUT2D eigenvalue weighted by atomic mass is 9.76. The van der Waals surface area contributed by atoms with Gasteiger partial charge in [0, 0.05) is 12.1 Å². The Hall–Kier alpha value is -6.18. The van der Waals surface area contributed by atoms with Crippen molar-refractivity contribution in [1.82, 2.24) is 40.4 Å². The summed E-state index contributed by atoms with van der Waals surface area (Å²) in [6.07, 6.45) is 9.65. The molecule has 2 aromatic heterocycles. The van der Waals surface area contributed by atoms with Gasteiger partial charge in [-0.25, -0.2) is 19.6 Å². The summed E-state index contributed by atoms with van der Waals surface area (Å²) in [6, 6.07) is 18.8. The van der Waals surface area contributed by atoms with Gasteiger partial charge in [-0.05, 0) is 131 Å². The van der Waals surface area contributed by atoms with Crippen LogP contribution < -0.4 is 10.6 Å². The molecule has 7 fully saturated rings. The van der Waals surface area contributed by atoms with Crippen molar-refractivity contribution >= 4 is 35.0 Å². The van der Waals surface area contributed by atoms with Crippen LogP contribution in [0, 0.1) is 35.5 Å². The van der Waals surface area contributed by atoms with Gasteiger partial charge in [-0.1, -0.05) is 83.0 Å². The molecule has 2 bridgehead atoms. The summed E-state index contributed by atoms with van der Waals surface area (Å²) < 4.78 is 9.72. The van der Waals surface area contributed by atoms with E-state index in [0.717, 1.165) is 65.2 Å². The fraction of sp³-hybridized carbons (Fsp3) is 0.509. The maximum absolute atomic E-state index is 14.1. The van der Waals surface area contributed by atoms with Gasteiger partial charge in [0.2, 0.25) is 11.8 Å². The largest absolute Gasteiger partial charge is 0.453 e. The molecule has 5 heterocycles. The molecule has 67 heavy (non-hydrogen) atoms. The predicted molar refractivity (Wildman–Crippen MR) is 251 cm³/mol. The number of imidazole rings is 2. The van der Waals surface area contributed by atoms with Crippen LogP contribution >= 0.6 is 0 Å². The van der Waals surface area contributed by atoms with Crippen LogP contribution in [0.2, 0.25) is 0 Å². The lowest BCUT2D eigenvalue weighted by Gasteiger charge is -2.31. The van der Waals surface area contributed by atoms with E-state index in [9.17, 15) is 19.2 Å². The van der Waals surface area contributed by atoms with E-state index in [1.807, 2.05) is 43.7 Å². The highest BCUT2D eigenvalue weighted by atomic mass is 16.5. The minimum atomic E-state index is -0.677. The number of ether oxygens (including phenoxy) is 2. The zero-order valence-corrected chi connectivity index (χ0v) is 39.1. The highest BCUT2D eigenvalue weighted by Gasteiger charge is 2.86. The van der Waals surface area contributed by atoms with Gasteiger partial charge < -0.3 is 39.9 Å². The minimum absolute atomic E-state index is 0.0651. The van der Waals surface area contributed by atoms with Crippen molar-refractivity contribution in [2.45, 2.75) is 121 Å². The molecule has 5 aromatic rings. The second-order valence-electron chi connectivity index (χ2n) is 21.3. The molecule has 3 saturated heterocycles. The minimum Gasteiger partial charge on any atom is -0.453 e. The molecule has 4 saturated carbocycles. The summed E-state index contributed by atoms with van der Waals surface area (Å²) in [4.78, 5) is 73.6. The molecule has 8 atom stereocenters. The van der Waals surface area contributed by atoms with Gasteiger partial charge >= 0.3 is 12.2 Å². The number of aromatic nitrogens is 4. The third-order valence-electron chi connectivity index (χ3n) is 17.0. The van der Waals surface area contributed by atoms with Crippen LogP contribution in [0.25, 0.3) is 44.5 Å². The predicted octanol–water partition coefficient (Wildman–Crippen LogP) is 8.60. The standard InChI is InChI=1S/C53H60N8O6/c1-25(2)43(58-51(64)66-5)49(62)60-37-22-30(37)23-38(60)47-55-34-16-13-29(21-35(34)56-47)31-14-15-32(42-33(31)17-20-53(42)18-7-8-19-53)27-9-11-28(12-10-27)36-24-54-48(57-36)46-41-39-40(41)45(39)61(46)50(63)44(26(3)4)59-52(65)67-6/h9-16,21,24-26,30,37-41,43-46H,7-8,17-20,22-23H2,1-6H3,(H,54,57)(H,55,56)(H,58,64)(H,59,65)/t30?,37?,38-,39?,40?,41?,43-,44-,45?,46-/m0/s1. The van der Waals surface area contributed by atoms with Crippen LogP contribution in [0.5, 0.6) is 0 Å². The zero-order chi connectivity index (χ0) is 46.2. The van der Waals surface area contributed by atoms with Crippen molar-refractivity contribution < 1.29 is 28.7 Å². The highest BCUT2D eigenvalue weighted by Crippen LogP contribution is 2.81. The fourth-order valence-electron chi connectivity index (χ4n) is 13.4. The van der Waals surface area contributed by atoms with Gasteiger partial charge in [-0.15, -0.1) is 0 Å². The molecule has 4 unspecified atom stereocenters. The summed E-state index contributed by atoms with van der Waals surface area (Å²) >= 11 is 0. The maximum atomic E-state index is 14.1. The first-order chi connectivity index (χ1) is 32.4. The van der Waals surface area contributed by atoms with Crippen LogP contribution in [-0.2, 0) is 30.9 Å². The third-order valence-corrected chi connectivity index (χ3v) is 17.0. The molecule has 0 radical (unpaired) electrons. The topological polar surface area (TPSA) is 175 Å². The molecule has 14 nitrogen and oxygen atoms in total. The van der Waals surface area contributed by atoms with Gasteiger partial charge in [0.1, 0.15) is 23.7 Å². The number of hydrogen-bond acceptors (Lipinski definition) is 8. The molecule has 8 aliphatic rings. The lowest BCUT2D eigenvalue weighted by Crippen LogP contribution is -2.52. The Labute approximate surface area is 390 Å². The molecule has 14 heteroatoms. The monoisotopic (exact) mass is 904 g/mol. The van der Waals surface area contributed by atoms with Gasteiger partial charge in [0.05, 0.1) is 49.2 Å². The number of carbonyl (C=O) groups excluding carboxylic acids is 4. The van der Waals surface area contributed by atoms with Crippen molar-refractivity contribution in [1.29, 1.82) is 0 Å². The summed E-state index contributed by atoms with van der Waals surface area (Å²) in [7, 11) is 2.64. The summed E-state index contributed by atoms with van der Waals surface area (Å²) in [5.74, 6) is 3.21. The quantitative estimate of drug-likeness (QED) is 0.102. The molecule has 1 spiro atoms. The Morgan fingerprint density at radius 2 is 1.37 bits per heavy atom. The van der Waals surface area contributed by atoms with E-state index >= 15 is 0 Å². The summed E-state index contributed by atoms with van der Waals surface area (Å²) in [6.45, 7) is 7.78. The zero-order valence-electron chi connectivity index (χ0n) is 39.1. The smallest absolute Gasteiger partial charge is 0.407 e. The first-order valence-electron chi connectivity index (χ1n) is 24.5. The molecule has 4 N–H and O–H groups in total. The number of H-pyrrole nitrogens is 2. The van der Waals surface area contributed by atoms with Gasteiger partial charge in [-0.3, -0.25) is 9.59 Å². The number of nitrogens with zero attached hydrogens (tertiary/aromatic N) is 4. The number of fused-ring (bicyclic) bond motifs is 5. The maximum Gasteiger partial charge on any atom is 0.407 e. The number of methoxy groups -OCH3 is 2. The van der Waals surface area contributed by atoms with Crippen molar-refractivity contribution in [3.63, 3.8) is 0 Å². The number of aromatic amines is 2. The summed E-state index contributed by atoms with van der Waals surface area (Å²) in [5, 5.41) is 5.57. The first-order valence-corrected chi connectivity index (χ1v) is 24.5. The fourth-order valence-corrected chi connectivity index (χ4v) is 13.4. The third kappa shape index (κ3) is 6.62. The SMILES string of the molecule is COC(=O)N[C@H](C(=O)N1C2C3C2C3[C@H]1c1ncc(-c2ccc(-c3ccc(-c4ccc5nc([C@@H]6CC7CC7N6C(=O)[C@@H](NC(=O)OC)C(C)C)[nH]c5c4)c4c3C3(CCCC3)CC4)cc2)[nH]1)C(C)C. The van der Waals surface area contributed by atoms with Gasteiger partial charge in [0.15, 0.2) is 0 Å².